The SMILES string of the molecule is NC(Cc1cccc(C(F)(F)F)c1)c1cccc(Cl)c1F. The van der Waals surface area contributed by atoms with Crippen LogP contribution >= 0.6 is 11.6 Å². The predicted octanol–water partition coefficient (Wildman–Crippen LogP) is 4.74. The van der Waals surface area contributed by atoms with Crippen LogP contribution < -0.4 is 5.73 Å². The molecule has 1 nitrogen and oxygen atoms in total. The molecule has 0 bridgehead atoms. The molecule has 1 unspecified atom stereocenters. The molecule has 1 atom stereocenters. The maximum atomic E-state index is 13.8. The smallest absolute Gasteiger partial charge is 0.324 e. The minimum Gasteiger partial charge on any atom is -0.324 e. The normalized spacial score (nSPS) is 13.2. The van der Waals surface area contributed by atoms with E-state index in [-0.39, 0.29) is 17.0 Å². The Morgan fingerprint density at radius 2 is 1.76 bits per heavy atom. The number of alkyl halides is 3. The van der Waals surface area contributed by atoms with Gasteiger partial charge in [0.05, 0.1) is 10.6 Å². The Labute approximate surface area is 124 Å². The summed E-state index contributed by atoms with van der Waals surface area (Å²) in [4.78, 5) is 0. The number of halogens is 5. The largest absolute Gasteiger partial charge is 0.416 e. The van der Waals surface area contributed by atoms with Crippen LogP contribution in [-0.2, 0) is 12.6 Å². The highest BCUT2D eigenvalue weighted by Crippen LogP contribution is 2.31. The van der Waals surface area contributed by atoms with Gasteiger partial charge in [0, 0.05) is 11.6 Å². The van der Waals surface area contributed by atoms with E-state index in [4.69, 9.17) is 17.3 Å². The summed E-state index contributed by atoms with van der Waals surface area (Å²) in [5.41, 5.74) is 5.69. The molecule has 0 aliphatic carbocycles. The Kier molecular flexibility index (Phi) is 4.54. The fraction of sp³-hybridized carbons (Fsp3) is 0.200. The van der Waals surface area contributed by atoms with Crippen molar-refractivity contribution in [3.63, 3.8) is 0 Å². The minimum atomic E-state index is -4.42. The van der Waals surface area contributed by atoms with E-state index in [2.05, 4.69) is 0 Å². The molecular weight excluding hydrogens is 306 g/mol. The first-order chi connectivity index (χ1) is 9.79. The molecule has 2 aromatic carbocycles. The van der Waals surface area contributed by atoms with E-state index < -0.39 is 23.6 Å². The molecule has 0 amide bonds. The van der Waals surface area contributed by atoms with E-state index >= 15 is 0 Å². The lowest BCUT2D eigenvalue weighted by Crippen LogP contribution is -2.15. The van der Waals surface area contributed by atoms with Gasteiger partial charge in [0.2, 0.25) is 0 Å². The van der Waals surface area contributed by atoms with Crippen molar-refractivity contribution < 1.29 is 17.6 Å². The maximum absolute atomic E-state index is 13.8. The zero-order chi connectivity index (χ0) is 15.6. The number of hydrogen-bond donors (Lipinski definition) is 1. The Bertz CT molecular complexity index is 640. The molecule has 0 aromatic heterocycles. The van der Waals surface area contributed by atoms with Crippen molar-refractivity contribution in [2.75, 3.05) is 0 Å². The summed E-state index contributed by atoms with van der Waals surface area (Å²) in [7, 11) is 0. The monoisotopic (exact) mass is 317 g/mol. The summed E-state index contributed by atoms with van der Waals surface area (Å²) in [5.74, 6) is -0.640. The van der Waals surface area contributed by atoms with Crippen LogP contribution in [-0.4, -0.2) is 0 Å². The third-order valence-electron chi connectivity index (χ3n) is 3.09. The Morgan fingerprint density at radius 1 is 1.10 bits per heavy atom. The van der Waals surface area contributed by atoms with Crippen LogP contribution in [0.2, 0.25) is 5.02 Å². The average Bonchev–Trinajstić information content (AvgIpc) is 2.41. The van der Waals surface area contributed by atoms with Gasteiger partial charge in [-0.25, -0.2) is 4.39 Å². The zero-order valence-corrected chi connectivity index (χ0v) is 11.5. The van der Waals surface area contributed by atoms with E-state index in [1.165, 1.54) is 24.3 Å². The van der Waals surface area contributed by atoms with Gasteiger partial charge in [0.25, 0.3) is 0 Å². The maximum Gasteiger partial charge on any atom is 0.416 e. The third kappa shape index (κ3) is 3.74. The quantitative estimate of drug-likeness (QED) is 0.813. The van der Waals surface area contributed by atoms with Gasteiger partial charge in [-0.2, -0.15) is 13.2 Å². The molecule has 0 spiro atoms. The number of hydrogen-bond acceptors (Lipinski definition) is 1. The number of nitrogens with two attached hydrogens (primary N) is 1. The van der Waals surface area contributed by atoms with Crippen molar-refractivity contribution in [3.05, 3.63) is 70.0 Å². The summed E-state index contributed by atoms with van der Waals surface area (Å²) < 4.78 is 51.7. The minimum absolute atomic E-state index is 0.0630. The van der Waals surface area contributed by atoms with Crippen molar-refractivity contribution in [2.24, 2.45) is 5.73 Å². The lowest BCUT2D eigenvalue weighted by Gasteiger charge is -2.15. The van der Waals surface area contributed by atoms with Crippen LogP contribution in [0.4, 0.5) is 17.6 Å². The van der Waals surface area contributed by atoms with Gasteiger partial charge < -0.3 is 5.73 Å². The van der Waals surface area contributed by atoms with Gasteiger partial charge in [-0.3, -0.25) is 0 Å². The predicted molar refractivity (Wildman–Crippen MR) is 73.5 cm³/mol. The number of rotatable bonds is 3. The highest BCUT2D eigenvalue weighted by molar-refractivity contribution is 6.30. The van der Waals surface area contributed by atoms with E-state index in [9.17, 15) is 17.6 Å². The molecule has 0 saturated carbocycles. The van der Waals surface area contributed by atoms with E-state index in [1.807, 2.05) is 0 Å². The molecule has 0 fully saturated rings. The van der Waals surface area contributed by atoms with Crippen LogP contribution in [0.15, 0.2) is 42.5 Å². The number of benzene rings is 2. The van der Waals surface area contributed by atoms with Crippen LogP contribution in [0.1, 0.15) is 22.7 Å². The van der Waals surface area contributed by atoms with Crippen LogP contribution in [0, 0.1) is 5.82 Å². The van der Waals surface area contributed by atoms with Crippen molar-refractivity contribution in [3.8, 4) is 0 Å². The van der Waals surface area contributed by atoms with Gasteiger partial charge in [0.15, 0.2) is 0 Å². The second-order valence-electron chi connectivity index (χ2n) is 4.65. The molecular formula is C15H12ClF4N. The summed E-state index contributed by atoms with van der Waals surface area (Å²) in [5, 5.41) is -0.0630. The molecule has 6 heteroatoms. The van der Waals surface area contributed by atoms with Gasteiger partial charge in [0.1, 0.15) is 5.82 Å². The second kappa shape index (κ2) is 6.03. The first-order valence-corrected chi connectivity index (χ1v) is 6.52. The van der Waals surface area contributed by atoms with E-state index in [1.54, 1.807) is 6.07 Å². The van der Waals surface area contributed by atoms with Crippen molar-refractivity contribution in [2.45, 2.75) is 18.6 Å². The molecule has 21 heavy (non-hydrogen) atoms. The lowest BCUT2D eigenvalue weighted by atomic mass is 9.98. The van der Waals surface area contributed by atoms with Gasteiger partial charge >= 0.3 is 6.18 Å². The molecule has 112 valence electrons. The second-order valence-corrected chi connectivity index (χ2v) is 5.06. The first kappa shape index (κ1) is 15.8. The van der Waals surface area contributed by atoms with Gasteiger partial charge in [-0.1, -0.05) is 41.9 Å². The van der Waals surface area contributed by atoms with Crippen molar-refractivity contribution in [1.82, 2.24) is 0 Å². The topological polar surface area (TPSA) is 26.0 Å². The fourth-order valence-electron chi connectivity index (χ4n) is 2.05. The molecule has 2 rings (SSSR count). The zero-order valence-electron chi connectivity index (χ0n) is 10.8. The highest BCUT2D eigenvalue weighted by atomic mass is 35.5. The van der Waals surface area contributed by atoms with Crippen LogP contribution in [0.5, 0.6) is 0 Å². The lowest BCUT2D eigenvalue weighted by molar-refractivity contribution is -0.137. The van der Waals surface area contributed by atoms with Crippen LogP contribution in [0.3, 0.4) is 0 Å². The van der Waals surface area contributed by atoms with Crippen molar-refractivity contribution in [1.29, 1.82) is 0 Å². The molecule has 2 N–H and O–H groups in total. The van der Waals surface area contributed by atoms with Crippen molar-refractivity contribution >= 4 is 11.6 Å². The first-order valence-electron chi connectivity index (χ1n) is 6.14. The van der Waals surface area contributed by atoms with Crippen LogP contribution in [0.25, 0.3) is 0 Å². The Balaban J connectivity index is 2.24. The standard InChI is InChI=1S/C15H12ClF4N/c16-12-6-2-5-11(14(12)17)13(21)8-9-3-1-4-10(7-9)15(18,19)20/h1-7,13H,8,21H2. The Hall–Kier alpha value is -1.59. The highest BCUT2D eigenvalue weighted by Gasteiger charge is 2.30. The average molecular weight is 318 g/mol. The molecule has 0 saturated heterocycles. The molecule has 0 aliphatic rings. The van der Waals surface area contributed by atoms with Gasteiger partial charge in [-0.15, -0.1) is 0 Å². The molecule has 0 radical (unpaired) electrons. The Morgan fingerprint density at radius 3 is 2.43 bits per heavy atom. The van der Waals surface area contributed by atoms with E-state index in [0.29, 0.717) is 5.56 Å². The third-order valence-corrected chi connectivity index (χ3v) is 3.38. The molecule has 0 heterocycles. The summed E-state index contributed by atoms with van der Waals surface area (Å²) in [6.07, 6.45) is -4.33. The molecule has 2 aromatic rings. The van der Waals surface area contributed by atoms with Gasteiger partial charge in [-0.05, 0) is 24.1 Å². The molecule has 0 aliphatic heterocycles. The summed E-state index contributed by atoms with van der Waals surface area (Å²) in [6, 6.07) is 8.46. The summed E-state index contributed by atoms with van der Waals surface area (Å²) in [6.45, 7) is 0. The van der Waals surface area contributed by atoms with E-state index in [0.717, 1.165) is 12.1 Å². The fourth-order valence-corrected chi connectivity index (χ4v) is 2.23. The summed E-state index contributed by atoms with van der Waals surface area (Å²) >= 11 is 5.67.